The maximum absolute atomic E-state index is 10.4. The first-order valence-electron chi connectivity index (χ1n) is 7.64. The molecule has 0 aliphatic carbocycles. The lowest BCUT2D eigenvalue weighted by Crippen LogP contribution is -2.32. The van der Waals surface area contributed by atoms with E-state index in [9.17, 15) is 5.11 Å². The number of nitrogens with one attached hydrogen (secondary N) is 1. The first-order chi connectivity index (χ1) is 11.1. The number of benzene rings is 1. The summed E-state index contributed by atoms with van der Waals surface area (Å²) in [5, 5.41) is 14.5. The van der Waals surface area contributed by atoms with E-state index in [0.29, 0.717) is 11.6 Å². The van der Waals surface area contributed by atoms with Crippen molar-refractivity contribution in [3.63, 3.8) is 0 Å². The Balaban J connectivity index is 1.69. The molecule has 23 heavy (non-hydrogen) atoms. The highest BCUT2D eigenvalue weighted by Gasteiger charge is 2.16. The normalized spacial score (nSPS) is 14.1. The topological polar surface area (TPSA) is 49.6 Å². The first-order valence-corrected chi connectivity index (χ1v) is 8.02. The number of aliphatic hydroxyl groups excluding tert-OH is 1. The van der Waals surface area contributed by atoms with Crippen molar-refractivity contribution in [1.29, 1.82) is 0 Å². The number of aliphatic hydroxyl groups is 1. The van der Waals surface area contributed by atoms with Crippen LogP contribution in [0.2, 0.25) is 5.02 Å². The lowest BCUT2D eigenvalue weighted by molar-refractivity contribution is 0.135. The molecular weight excluding hydrogens is 310 g/mol. The molecule has 0 fully saturated rings. The van der Waals surface area contributed by atoms with E-state index in [4.69, 9.17) is 11.6 Å². The van der Waals surface area contributed by atoms with Gasteiger partial charge in [-0.25, -0.2) is 4.98 Å². The Morgan fingerprint density at radius 3 is 2.74 bits per heavy atom. The van der Waals surface area contributed by atoms with Gasteiger partial charge in [0.25, 0.3) is 0 Å². The van der Waals surface area contributed by atoms with Crippen molar-refractivity contribution >= 4 is 17.2 Å². The molecular formula is C18H20ClN3O. The maximum Gasteiger partial charge on any atom is 0.139 e. The van der Waals surface area contributed by atoms with Crippen LogP contribution < -0.4 is 5.32 Å². The van der Waals surface area contributed by atoms with Crippen molar-refractivity contribution in [2.45, 2.75) is 32.5 Å². The quantitative estimate of drug-likeness (QED) is 0.753. The molecule has 2 aromatic heterocycles. The molecule has 5 heteroatoms. The molecule has 120 valence electrons. The summed E-state index contributed by atoms with van der Waals surface area (Å²) in [7, 11) is 0. The summed E-state index contributed by atoms with van der Waals surface area (Å²) < 4.78 is 2.07. The summed E-state index contributed by atoms with van der Waals surface area (Å²) in [5.74, 6) is 0. The van der Waals surface area contributed by atoms with Gasteiger partial charge in [-0.3, -0.25) is 0 Å². The highest BCUT2D eigenvalue weighted by Crippen LogP contribution is 2.19. The Hall–Kier alpha value is -1.88. The minimum absolute atomic E-state index is 0.0912. The standard InChI is InChI=1S/C18H20ClN3O/c1-12-4-3-9-22-16(11-21-18(12)22)10-20-13(2)17(23)14-5-7-15(19)8-6-14/h3-9,11,13,17,20,23H,10H2,1-2H3. The summed E-state index contributed by atoms with van der Waals surface area (Å²) in [6.07, 6.45) is 3.29. The molecule has 0 aliphatic rings. The zero-order valence-electron chi connectivity index (χ0n) is 13.2. The highest BCUT2D eigenvalue weighted by atomic mass is 35.5. The highest BCUT2D eigenvalue weighted by molar-refractivity contribution is 6.30. The SMILES string of the molecule is Cc1cccn2c(CNC(C)C(O)c3ccc(Cl)cc3)cnc12. The van der Waals surface area contributed by atoms with Crippen LogP contribution in [0.5, 0.6) is 0 Å². The lowest BCUT2D eigenvalue weighted by atomic mass is 10.0. The van der Waals surface area contributed by atoms with Crippen molar-refractivity contribution in [2.75, 3.05) is 0 Å². The second-order valence-electron chi connectivity index (χ2n) is 5.80. The van der Waals surface area contributed by atoms with Crippen LogP contribution in [0.25, 0.3) is 5.65 Å². The van der Waals surface area contributed by atoms with Gasteiger partial charge in [0, 0.05) is 23.8 Å². The van der Waals surface area contributed by atoms with Gasteiger partial charge in [0.2, 0.25) is 0 Å². The van der Waals surface area contributed by atoms with Gasteiger partial charge in [-0.1, -0.05) is 29.8 Å². The molecule has 1 aromatic carbocycles. The van der Waals surface area contributed by atoms with Crippen molar-refractivity contribution in [3.8, 4) is 0 Å². The summed E-state index contributed by atoms with van der Waals surface area (Å²) in [6.45, 7) is 4.65. The molecule has 0 bridgehead atoms. The van der Waals surface area contributed by atoms with Gasteiger partial charge >= 0.3 is 0 Å². The monoisotopic (exact) mass is 329 g/mol. The number of aromatic nitrogens is 2. The van der Waals surface area contributed by atoms with Crippen LogP contribution in [0.15, 0.2) is 48.8 Å². The number of aryl methyl sites for hydroxylation is 1. The van der Waals surface area contributed by atoms with E-state index in [2.05, 4.69) is 14.7 Å². The van der Waals surface area contributed by atoms with Gasteiger partial charge in [0.05, 0.1) is 18.0 Å². The predicted molar refractivity (Wildman–Crippen MR) is 92.6 cm³/mol. The van der Waals surface area contributed by atoms with Gasteiger partial charge in [-0.05, 0) is 43.2 Å². The summed E-state index contributed by atoms with van der Waals surface area (Å²) in [5.41, 5.74) is 4.03. The zero-order valence-corrected chi connectivity index (χ0v) is 14.0. The number of hydrogen-bond acceptors (Lipinski definition) is 3. The van der Waals surface area contributed by atoms with Gasteiger partial charge in [-0.15, -0.1) is 0 Å². The van der Waals surface area contributed by atoms with Crippen molar-refractivity contribution in [3.05, 3.63) is 70.6 Å². The molecule has 0 spiro atoms. The fourth-order valence-corrected chi connectivity index (χ4v) is 2.78. The summed E-state index contributed by atoms with van der Waals surface area (Å²) in [4.78, 5) is 4.45. The number of nitrogens with zero attached hydrogens (tertiary/aromatic N) is 2. The third-order valence-electron chi connectivity index (χ3n) is 4.10. The van der Waals surface area contributed by atoms with Crippen molar-refractivity contribution in [2.24, 2.45) is 0 Å². The molecule has 3 aromatic rings. The van der Waals surface area contributed by atoms with E-state index < -0.39 is 6.10 Å². The van der Waals surface area contributed by atoms with Crippen LogP contribution in [-0.4, -0.2) is 20.5 Å². The number of fused-ring (bicyclic) bond motifs is 1. The number of rotatable bonds is 5. The Kier molecular flexibility index (Phi) is 4.66. The number of pyridine rings is 1. The van der Waals surface area contributed by atoms with Crippen molar-refractivity contribution < 1.29 is 5.11 Å². The van der Waals surface area contributed by atoms with Crippen LogP contribution in [0, 0.1) is 6.92 Å². The minimum Gasteiger partial charge on any atom is -0.387 e. The second kappa shape index (κ2) is 6.71. The molecule has 2 atom stereocenters. The lowest BCUT2D eigenvalue weighted by Gasteiger charge is -2.20. The molecule has 0 radical (unpaired) electrons. The molecule has 2 heterocycles. The molecule has 2 N–H and O–H groups in total. The third kappa shape index (κ3) is 3.39. The largest absolute Gasteiger partial charge is 0.387 e. The van der Waals surface area contributed by atoms with Gasteiger partial charge < -0.3 is 14.8 Å². The fraction of sp³-hybridized carbons (Fsp3) is 0.278. The molecule has 0 saturated carbocycles. The molecule has 0 saturated heterocycles. The summed E-state index contributed by atoms with van der Waals surface area (Å²) in [6, 6.07) is 11.3. The second-order valence-corrected chi connectivity index (χ2v) is 6.24. The maximum atomic E-state index is 10.4. The molecule has 3 rings (SSSR count). The molecule has 2 unspecified atom stereocenters. The van der Waals surface area contributed by atoms with Crippen LogP contribution >= 0.6 is 11.6 Å². The molecule has 4 nitrogen and oxygen atoms in total. The number of imidazole rings is 1. The smallest absolute Gasteiger partial charge is 0.139 e. The van der Waals surface area contributed by atoms with Crippen LogP contribution in [0.3, 0.4) is 0 Å². The average molecular weight is 330 g/mol. The van der Waals surface area contributed by atoms with Crippen LogP contribution in [-0.2, 0) is 6.54 Å². The Labute approximate surface area is 140 Å². The van der Waals surface area contributed by atoms with Gasteiger partial charge in [-0.2, -0.15) is 0 Å². The third-order valence-corrected chi connectivity index (χ3v) is 4.35. The summed E-state index contributed by atoms with van der Waals surface area (Å²) >= 11 is 5.89. The van der Waals surface area contributed by atoms with Gasteiger partial charge in [0.15, 0.2) is 0 Å². The van der Waals surface area contributed by atoms with E-state index in [1.54, 1.807) is 12.1 Å². The minimum atomic E-state index is -0.590. The Morgan fingerprint density at radius 2 is 2.00 bits per heavy atom. The van der Waals surface area contributed by atoms with Gasteiger partial charge in [0.1, 0.15) is 5.65 Å². The van der Waals surface area contributed by atoms with Crippen LogP contribution in [0.4, 0.5) is 0 Å². The average Bonchev–Trinajstić information content (AvgIpc) is 2.97. The Bertz CT molecular complexity index is 798. The van der Waals surface area contributed by atoms with E-state index >= 15 is 0 Å². The number of halogens is 1. The van der Waals surface area contributed by atoms with E-state index in [0.717, 1.165) is 22.5 Å². The molecule has 0 aliphatic heterocycles. The van der Waals surface area contributed by atoms with Crippen molar-refractivity contribution in [1.82, 2.24) is 14.7 Å². The first kappa shape index (κ1) is 16.0. The van der Waals surface area contributed by atoms with E-state index in [1.807, 2.05) is 50.5 Å². The van der Waals surface area contributed by atoms with Crippen LogP contribution in [0.1, 0.15) is 29.8 Å². The van der Waals surface area contributed by atoms with E-state index in [-0.39, 0.29) is 6.04 Å². The number of hydrogen-bond donors (Lipinski definition) is 2. The Morgan fingerprint density at radius 1 is 1.26 bits per heavy atom. The zero-order chi connectivity index (χ0) is 16.4. The van der Waals surface area contributed by atoms with E-state index in [1.165, 1.54) is 0 Å². The molecule has 0 amide bonds. The fourth-order valence-electron chi connectivity index (χ4n) is 2.66. The predicted octanol–water partition coefficient (Wildman–Crippen LogP) is 3.51.